The number of sulfone groups is 1. The number of hydrogen-bond donors (Lipinski definition) is 1. The lowest BCUT2D eigenvalue weighted by Crippen LogP contribution is -2.30. The molecule has 0 fully saturated rings. The molecule has 0 saturated heterocycles. The highest BCUT2D eigenvalue weighted by Crippen LogP contribution is 2.30. The van der Waals surface area contributed by atoms with Crippen molar-refractivity contribution >= 4 is 33.2 Å². The van der Waals surface area contributed by atoms with Gasteiger partial charge in [0, 0.05) is 25.0 Å². The van der Waals surface area contributed by atoms with E-state index in [1.807, 2.05) is 12.1 Å². The van der Waals surface area contributed by atoms with Gasteiger partial charge >= 0.3 is 0 Å². The normalized spacial score (nSPS) is 12.6. The molecule has 0 aliphatic rings. The molecule has 0 spiro atoms. The van der Waals surface area contributed by atoms with Crippen LogP contribution in [0.25, 0.3) is 6.08 Å². The Kier molecular flexibility index (Phi) is 6.79. The van der Waals surface area contributed by atoms with E-state index in [1.165, 1.54) is 12.3 Å². The van der Waals surface area contributed by atoms with E-state index in [4.69, 9.17) is 4.74 Å². The highest BCUT2D eigenvalue weighted by Gasteiger charge is 2.30. The van der Waals surface area contributed by atoms with Gasteiger partial charge in [-0.05, 0) is 46.8 Å². The molecule has 8 heteroatoms. The second-order valence-corrected chi connectivity index (χ2v) is 9.41. The number of pyridine rings is 1. The van der Waals surface area contributed by atoms with E-state index in [0.717, 1.165) is 22.6 Å². The molecule has 1 amide bonds. The first-order valence-electron chi connectivity index (χ1n) is 8.78. The Morgan fingerprint density at radius 3 is 2.62 bits per heavy atom. The Morgan fingerprint density at radius 1 is 1.21 bits per heavy atom. The molecule has 29 heavy (non-hydrogen) atoms. The third kappa shape index (κ3) is 5.30. The van der Waals surface area contributed by atoms with Gasteiger partial charge in [-0.3, -0.25) is 9.78 Å². The second kappa shape index (κ2) is 9.49. The molecule has 0 bridgehead atoms. The summed E-state index contributed by atoms with van der Waals surface area (Å²) >= 11 is 1.15. The number of nitrogens with one attached hydrogen (secondary N) is 1. The van der Waals surface area contributed by atoms with Crippen LogP contribution in [0.5, 0.6) is 5.75 Å². The van der Waals surface area contributed by atoms with E-state index in [-0.39, 0.29) is 16.7 Å². The predicted molar refractivity (Wildman–Crippen MR) is 114 cm³/mol. The topological polar surface area (TPSA) is 85.4 Å². The van der Waals surface area contributed by atoms with Crippen LogP contribution < -0.4 is 10.1 Å². The maximum Gasteiger partial charge on any atom is 0.244 e. The minimum Gasteiger partial charge on any atom is -0.497 e. The summed E-state index contributed by atoms with van der Waals surface area (Å²) < 4.78 is 31.5. The van der Waals surface area contributed by atoms with Gasteiger partial charge in [0.05, 0.1) is 7.11 Å². The summed E-state index contributed by atoms with van der Waals surface area (Å²) in [5.41, 5.74) is 1.36. The van der Waals surface area contributed by atoms with Crippen molar-refractivity contribution in [3.8, 4) is 5.75 Å². The highest BCUT2D eigenvalue weighted by molar-refractivity contribution is 7.93. The molecule has 1 N–H and O–H groups in total. The molecular formula is C21H20N2O4S2. The average Bonchev–Trinajstić information content (AvgIpc) is 3.29. The van der Waals surface area contributed by atoms with Gasteiger partial charge in [-0.15, -0.1) is 11.3 Å². The van der Waals surface area contributed by atoms with Crippen LogP contribution in [0.15, 0.2) is 76.6 Å². The smallest absolute Gasteiger partial charge is 0.244 e. The lowest BCUT2D eigenvalue weighted by Gasteiger charge is -2.17. The number of nitrogens with zero attached hydrogens (tertiary/aromatic N) is 1. The quantitative estimate of drug-likeness (QED) is 0.555. The first-order chi connectivity index (χ1) is 14.0. The summed E-state index contributed by atoms with van der Waals surface area (Å²) in [6.07, 6.45) is 6.12. The molecule has 2 heterocycles. The number of amides is 1. The average molecular weight is 429 g/mol. The fourth-order valence-electron chi connectivity index (χ4n) is 2.68. The van der Waals surface area contributed by atoms with E-state index < -0.39 is 15.1 Å². The van der Waals surface area contributed by atoms with Crippen molar-refractivity contribution in [2.75, 3.05) is 13.7 Å². The van der Waals surface area contributed by atoms with Crippen LogP contribution in [0, 0.1) is 0 Å². The van der Waals surface area contributed by atoms with Gasteiger partial charge < -0.3 is 10.1 Å². The molecule has 0 aliphatic carbocycles. The molecule has 2 aromatic heterocycles. The van der Waals surface area contributed by atoms with Crippen LogP contribution >= 0.6 is 11.3 Å². The lowest BCUT2D eigenvalue weighted by atomic mass is 10.2. The Bertz CT molecular complexity index is 1060. The number of carbonyl (C=O) groups excluding carboxylic acids is 1. The molecule has 150 valence electrons. The number of thiophene rings is 1. The Hall–Kier alpha value is -2.97. The van der Waals surface area contributed by atoms with Crippen molar-refractivity contribution in [3.05, 3.63) is 83.5 Å². The molecule has 1 atom stereocenters. The molecule has 1 aromatic carbocycles. The molecule has 0 aliphatic heterocycles. The minimum atomic E-state index is -3.66. The van der Waals surface area contributed by atoms with Crippen LogP contribution in [-0.4, -0.2) is 33.0 Å². The van der Waals surface area contributed by atoms with Gasteiger partial charge in [0.25, 0.3) is 0 Å². The third-order valence-electron chi connectivity index (χ3n) is 4.21. The number of methoxy groups -OCH3 is 1. The molecule has 3 aromatic rings. The van der Waals surface area contributed by atoms with E-state index in [1.54, 1.807) is 61.2 Å². The van der Waals surface area contributed by atoms with Gasteiger partial charge in [0.2, 0.25) is 5.91 Å². The monoisotopic (exact) mass is 428 g/mol. The molecule has 6 nitrogen and oxygen atoms in total. The summed E-state index contributed by atoms with van der Waals surface area (Å²) in [7, 11) is -2.07. The van der Waals surface area contributed by atoms with Crippen LogP contribution in [-0.2, 0) is 14.6 Å². The minimum absolute atomic E-state index is 0.0578. The predicted octanol–water partition coefficient (Wildman–Crippen LogP) is 3.50. The molecule has 0 radical (unpaired) electrons. The van der Waals surface area contributed by atoms with Gasteiger partial charge in [-0.2, -0.15) is 0 Å². The van der Waals surface area contributed by atoms with Crippen molar-refractivity contribution in [1.29, 1.82) is 0 Å². The highest BCUT2D eigenvalue weighted by atomic mass is 32.2. The van der Waals surface area contributed by atoms with Crippen molar-refractivity contribution in [2.24, 2.45) is 0 Å². The Morgan fingerprint density at radius 2 is 2.00 bits per heavy atom. The van der Waals surface area contributed by atoms with Crippen LogP contribution in [0.4, 0.5) is 0 Å². The first-order valence-corrected chi connectivity index (χ1v) is 11.2. The molecule has 0 saturated carbocycles. The summed E-state index contributed by atoms with van der Waals surface area (Å²) in [4.78, 5) is 16.3. The number of ether oxygens (including phenoxy) is 1. The van der Waals surface area contributed by atoms with E-state index in [9.17, 15) is 13.2 Å². The number of hydrogen-bond acceptors (Lipinski definition) is 6. The molecule has 1 unspecified atom stereocenters. The zero-order valence-electron chi connectivity index (χ0n) is 15.7. The summed E-state index contributed by atoms with van der Waals surface area (Å²) in [6, 6.07) is 13.9. The van der Waals surface area contributed by atoms with Gasteiger partial charge in [0.15, 0.2) is 9.84 Å². The SMILES string of the molecule is COc1ccc(/C=C/C(=O)NCC(c2cccnc2)S(=O)(=O)c2cccs2)cc1. The first kappa shape index (κ1) is 20.8. The largest absolute Gasteiger partial charge is 0.497 e. The Balaban J connectivity index is 1.73. The summed E-state index contributed by atoms with van der Waals surface area (Å²) in [5.74, 6) is 0.348. The van der Waals surface area contributed by atoms with Crippen molar-refractivity contribution in [1.82, 2.24) is 10.3 Å². The van der Waals surface area contributed by atoms with Gasteiger partial charge in [0.1, 0.15) is 15.2 Å². The van der Waals surface area contributed by atoms with E-state index >= 15 is 0 Å². The van der Waals surface area contributed by atoms with E-state index in [0.29, 0.717) is 5.56 Å². The summed E-state index contributed by atoms with van der Waals surface area (Å²) in [5, 5.41) is 3.48. The fraction of sp³-hybridized carbons (Fsp3) is 0.143. The molecular weight excluding hydrogens is 408 g/mol. The maximum absolute atomic E-state index is 13.0. The van der Waals surface area contributed by atoms with Crippen LogP contribution in [0.3, 0.4) is 0 Å². The van der Waals surface area contributed by atoms with Crippen LogP contribution in [0.1, 0.15) is 16.4 Å². The maximum atomic E-state index is 13.0. The standard InChI is InChI=1S/C21H20N2O4S2/c1-27-18-9-6-16(7-10-18)8-11-20(24)23-15-19(17-4-2-12-22-14-17)29(25,26)21-5-3-13-28-21/h2-14,19H,15H2,1H3,(H,23,24)/b11-8+. The van der Waals surface area contributed by atoms with Crippen molar-refractivity contribution in [3.63, 3.8) is 0 Å². The number of aromatic nitrogens is 1. The van der Waals surface area contributed by atoms with Crippen molar-refractivity contribution < 1.29 is 17.9 Å². The van der Waals surface area contributed by atoms with E-state index in [2.05, 4.69) is 10.3 Å². The third-order valence-corrected chi connectivity index (χ3v) is 7.74. The van der Waals surface area contributed by atoms with Crippen molar-refractivity contribution in [2.45, 2.75) is 9.46 Å². The lowest BCUT2D eigenvalue weighted by molar-refractivity contribution is -0.116. The fourth-order valence-corrected chi connectivity index (χ4v) is 5.53. The zero-order chi connectivity index (χ0) is 20.7. The number of benzene rings is 1. The number of rotatable bonds is 8. The number of carbonyl (C=O) groups is 1. The van der Waals surface area contributed by atoms with Crippen LogP contribution in [0.2, 0.25) is 0 Å². The zero-order valence-corrected chi connectivity index (χ0v) is 17.3. The second-order valence-electron chi connectivity index (χ2n) is 6.10. The Labute approximate surface area is 173 Å². The summed E-state index contributed by atoms with van der Waals surface area (Å²) in [6.45, 7) is -0.0578. The van der Waals surface area contributed by atoms with Gasteiger partial charge in [-0.1, -0.05) is 24.3 Å². The van der Waals surface area contributed by atoms with Gasteiger partial charge in [-0.25, -0.2) is 8.42 Å². The molecule has 3 rings (SSSR count).